The molecule has 9 heteroatoms. The Balaban J connectivity index is 2.51. The van der Waals surface area contributed by atoms with Crippen LogP contribution in [-0.2, 0) is 6.18 Å². The Morgan fingerprint density at radius 1 is 1.45 bits per heavy atom. The summed E-state index contributed by atoms with van der Waals surface area (Å²) >= 11 is 0. The van der Waals surface area contributed by atoms with Crippen LogP contribution in [0.3, 0.4) is 0 Å². The van der Waals surface area contributed by atoms with Gasteiger partial charge in [0.25, 0.3) is 5.91 Å². The number of carbonyl (C=O) groups is 1. The van der Waals surface area contributed by atoms with E-state index >= 15 is 0 Å². The third-order valence-electron chi connectivity index (χ3n) is 2.48. The minimum atomic E-state index is -4.60. The molecule has 0 spiro atoms. The molecule has 1 amide bonds. The van der Waals surface area contributed by atoms with Crippen LogP contribution < -0.4 is 5.32 Å². The molecule has 0 bridgehead atoms. The number of hydrogen-bond acceptors (Lipinski definition) is 4. The van der Waals surface area contributed by atoms with Gasteiger partial charge in [0, 0.05) is 18.3 Å². The SMILES string of the molecule is Cc1cc(C(F)(F)F)n2nc(C(=O)NCCO)cc2n1. The lowest BCUT2D eigenvalue weighted by atomic mass is 10.3. The Morgan fingerprint density at radius 2 is 2.15 bits per heavy atom. The van der Waals surface area contributed by atoms with E-state index in [4.69, 9.17) is 5.11 Å². The van der Waals surface area contributed by atoms with E-state index in [1.807, 2.05) is 0 Å². The Bertz CT molecular complexity index is 651. The largest absolute Gasteiger partial charge is 0.433 e. The average Bonchev–Trinajstić information content (AvgIpc) is 2.77. The van der Waals surface area contributed by atoms with E-state index in [0.717, 1.165) is 12.1 Å². The Hall–Kier alpha value is -2.16. The van der Waals surface area contributed by atoms with Crippen LogP contribution in [0.5, 0.6) is 0 Å². The third kappa shape index (κ3) is 2.72. The zero-order valence-electron chi connectivity index (χ0n) is 10.4. The summed E-state index contributed by atoms with van der Waals surface area (Å²) < 4.78 is 39.3. The van der Waals surface area contributed by atoms with E-state index < -0.39 is 17.8 Å². The first kappa shape index (κ1) is 14.3. The van der Waals surface area contributed by atoms with Gasteiger partial charge in [-0.05, 0) is 13.0 Å². The quantitative estimate of drug-likeness (QED) is 0.874. The van der Waals surface area contributed by atoms with Gasteiger partial charge in [0.2, 0.25) is 0 Å². The van der Waals surface area contributed by atoms with Gasteiger partial charge >= 0.3 is 6.18 Å². The van der Waals surface area contributed by atoms with Crippen LogP contribution in [0.1, 0.15) is 21.9 Å². The topological polar surface area (TPSA) is 79.5 Å². The summed E-state index contributed by atoms with van der Waals surface area (Å²) in [6, 6.07) is 2.02. The van der Waals surface area contributed by atoms with Crippen molar-refractivity contribution in [2.24, 2.45) is 0 Å². The molecule has 0 aliphatic rings. The lowest BCUT2D eigenvalue weighted by Crippen LogP contribution is -2.26. The van der Waals surface area contributed by atoms with Crippen LogP contribution in [-0.4, -0.2) is 38.8 Å². The predicted octanol–water partition coefficient (Wildman–Crippen LogP) is 0.779. The third-order valence-corrected chi connectivity index (χ3v) is 2.48. The Morgan fingerprint density at radius 3 is 2.75 bits per heavy atom. The molecule has 2 aromatic rings. The summed E-state index contributed by atoms with van der Waals surface area (Å²) in [7, 11) is 0. The number of alkyl halides is 3. The number of hydrogen-bond donors (Lipinski definition) is 2. The first-order valence-electron chi connectivity index (χ1n) is 5.66. The van der Waals surface area contributed by atoms with E-state index in [9.17, 15) is 18.0 Å². The van der Waals surface area contributed by atoms with Crippen molar-refractivity contribution < 1.29 is 23.1 Å². The molecule has 0 atom stereocenters. The van der Waals surface area contributed by atoms with Gasteiger partial charge in [-0.3, -0.25) is 4.79 Å². The minimum Gasteiger partial charge on any atom is -0.395 e. The van der Waals surface area contributed by atoms with Crippen molar-refractivity contribution in [3.8, 4) is 0 Å². The minimum absolute atomic E-state index is 0.00864. The van der Waals surface area contributed by atoms with Crippen LogP contribution in [0.15, 0.2) is 12.1 Å². The molecule has 0 aliphatic heterocycles. The van der Waals surface area contributed by atoms with E-state index in [0.29, 0.717) is 4.52 Å². The van der Waals surface area contributed by atoms with Crippen LogP contribution in [0.25, 0.3) is 5.65 Å². The fourth-order valence-electron chi connectivity index (χ4n) is 1.67. The van der Waals surface area contributed by atoms with Gasteiger partial charge in [0.05, 0.1) is 6.61 Å². The standard InChI is InChI=1S/C11H11F3N4O2/c1-6-4-8(11(12,13)14)18-9(16-6)5-7(17-18)10(20)15-2-3-19/h4-5,19H,2-3H2,1H3,(H,15,20). The lowest BCUT2D eigenvalue weighted by Gasteiger charge is -2.09. The summed E-state index contributed by atoms with van der Waals surface area (Å²) in [5.41, 5.74) is -1.08. The highest BCUT2D eigenvalue weighted by molar-refractivity contribution is 5.93. The number of halogens is 3. The van der Waals surface area contributed by atoms with Crippen molar-refractivity contribution in [3.05, 3.63) is 29.2 Å². The molecule has 0 aromatic carbocycles. The number of fused-ring (bicyclic) bond motifs is 1. The summed E-state index contributed by atoms with van der Waals surface area (Å²) in [6.07, 6.45) is -4.60. The second-order valence-electron chi connectivity index (χ2n) is 4.06. The van der Waals surface area contributed by atoms with Crippen molar-refractivity contribution in [2.45, 2.75) is 13.1 Å². The van der Waals surface area contributed by atoms with Gasteiger partial charge < -0.3 is 10.4 Å². The molecule has 2 N–H and O–H groups in total. The molecule has 2 heterocycles. The molecular formula is C11H11F3N4O2. The Kier molecular flexibility index (Phi) is 3.62. The normalized spacial score (nSPS) is 11.8. The van der Waals surface area contributed by atoms with E-state index in [-0.39, 0.29) is 30.2 Å². The van der Waals surface area contributed by atoms with Crippen molar-refractivity contribution in [2.75, 3.05) is 13.2 Å². The van der Waals surface area contributed by atoms with Gasteiger partial charge in [-0.25, -0.2) is 9.50 Å². The van der Waals surface area contributed by atoms with Gasteiger partial charge in [-0.15, -0.1) is 0 Å². The molecule has 0 unspecified atom stereocenters. The first-order valence-corrected chi connectivity index (χ1v) is 5.66. The highest BCUT2D eigenvalue weighted by Crippen LogP contribution is 2.29. The number of rotatable bonds is 3. The second kappa shape index (κ2) is 5.08. The zero-order chi connectivity index (χ0) is 14.9. The van der Waals surface area contributed by atoms with Crippen LogP contribution in [0, 0.1) is 6.92 Å². The monoisotopic (exact) mass is 288 g/mol. The summed E-state index contributed by atoms with van der Waals surface area (Å²) in [6.45, 7) is 1.14. The van der Waals surface area contributed by atoms with Gasteiger partial charge in [0.15, 0.2) is 11.3 Å². The number of carbonyl (C=O) groups excluding carboxylic acids is 1. The predicted molar refractivity (Wildman–Crippen MR) is 62.1 cm³/mol. The lowest BCUT2D eigenvalue weighted by molar-refractivity contribution is -0.142. The second-order valence-corrected chi connectivity index (χ2v) is 4.06. The summed E-state index contributed by atoms with van der Waals surface area (Å²) in [5.74, 6) is -0.671. The number of nitrogens with one attached hydrogen (secondary N) is 1. The van der Waals surface area contributed by atoms with Crippen LogP contribution >= 0.6 is 0 Å². The molecule has 0 fully saturated rings. The average molecular weight is 288 g/mol. The fourth-order valence-corrected chi connectivity index (χ4v) is 1.67. The molecule has 108 valence electrons. The molecule has 0 saturated carbocycles. The maximum atomic E-state index is 12.9. The highest BCUT2D eigenvalue weighted by Gasteiger charge is 2.35. The van der Waals surface area contributed by atoms with Crippen molar-refractivity contribution >= 4 is 11.6 Å². The number of aliphatic hydroxyl groups excluding tert-OH is 1. The number of aryl methyl sites for hydroxylation is 1. The fraction of sp³-hybridized carbons (Fsp3) is 0.364. The number of aromatic nitrogens is 3. The Labute approximate surface area is 111 Å². The number of nitrogens with zero attached hydrogens (tertiary/aromatic N) is 3. The zero-order valence-corrected chi connectivity index (χ0v) is 10.4. The highest BCUT2D eigenvalue weighted by atomic mass is 19.4. The van der Waals surface area contributed by atoms with Crippen molar-refractivity contribution in [3.63, 3.8) is 0 Å². The molecule has 2 aromatic heterocycles. The number of amides is 1. The number of aliphatic hydroxyl groups is 1. The maximum Gasteiger partial charge on any atom is 0.433 e. The molecule has 0 saturated heterocycles. The van der Waals surface area contributed by atoms with Gasteiger partial charge in [0.1, 0.15) is 5.69 Å². The molecule has 6 nitrogen and oxygen atoms in total. The summed E-state index contributed by atoms with van der Waals surface area (Å²) in [4.78, 5) is 15.5. The molecule has 20 heavy (non-hydrogen) atoms. The van der Waals surface area contributed by atoms with Gasteiger partial charge in [-0.2, -0.15) is 18.3 Å². The summed E-state index contributed by atoms with van der Waals surface area (Å²) in [5, 5.41) is 14.5. The van der Waals surface area contributed by atoms with E-state index in [2.05, 4.69) is 15.4 Å². The van der Waals surface area contributed by atoms with Crippen molar-refractivity contribution in [1.82, 2.24) is 19.9 Å². The molecule has 0 radical (unpaired) electrons. The van der Waals surface area contributed by atoms with Crippen LogP contribution in [0.2, 0.25) is 0 Å². The van der Waals surface area contributed by atoms with E-state index in [1.54, 1.807) is 0 Å². The molecule has 0 aliphatic carbocycles. The first-order chi connectivity index (χ1) is 9.32. The smallest absolute Gasteiger partial charge is 0.395 e. The molecule has 2 rings (SSSR count). The van der Waals surface area contributed by atoms with Crippen molar-refractivity contribution in [1.29, 1.82) is 0 Å². The van der Waals surface area contributed by atoms with Crippen LogP contribution in [0.4, 0.5) is 13.2 Å². The van der Waals surface area contributed by atoms with E-state index in [1.165, 1.54) is 6.92 Å². The van der Waals surface area contributed by atoms with Gasteiger partial charge in [-0.1, -0.05) is 0 Å². The maximum absolute atomic E-state index is 12.9. The molecular weight excluding hydrogens is 277 g/mol.